The monoisotopic (exact) mass is 218 g/mol. The van der Waals surface area contributed by atoms with E-state index in [0.29, 0.717) is 0 Å². The fourth-order valence-corrected chi connectivity index (χ4v) is 2.55. The quantitative estimate of drug-likeness (QED) is 0.843. The van der Waals surface area contributed by atoms with Gasteiger partial charge in [-0.1, -0.05) is 18.9 Å². The number of hydrogen-bond acceptors (Lipinski definition) is 2. The second-order valence-corrected chi connectivity index (χ2v) is 4.61. The van der Waals surface area contributed by atoms with Gasteiger partial charge in [-0.15, -0.1) is 0 Å². The molecule has 3 heteroatoms. The smallest absolute Gasteiger partial charge is 0.216 e. The van der Waals surface area contributed by atoms with Crippen LogP contribution in [0.15, 0.2) is 24.4 Å². The first-order valence-corrected chi connectivity index (χ1v) is 5.89. The molecule has 1 heterocycles. The zero-order valence-electron chi connectivity index (χ0n) is 9.70. The van der Waals surface area contributed by atoms with Gasteiger partial charge in [-0.25, -0.2) is 0 Å². The molecule has 1 N–H and O–H groups in total. The standard InChI is InChI=1S/C13H18N2O/c1-11(16)15-10-13(7-3-4-8-13)12-6-2-5-9-14-12/h2,5-6,9H,3-4,7-8,10H2,1H3,(H,15,16). The first kappa shape index (κ1) is 11.1. The van der Waals surface area contributed by atoms with E-state index in [1.807, 2.05) is 18.3 Å². The summed E-state index contributed by atoms with van der Waals surface area (Å²) in [6.45, 7) is 2.29. The van der Waals surface area contributed by atoms with E-state index < -0.39 is 0 Å². The Morgan fingerprint density at radius 3 is 2.75 bits per heavy atom. The van der Waals surface area contributed by atoms with E-state index in [2.05, 4.69) is 16.4 Å². The van der Waals surface area contributed by atoms with Crippen molar-refractivity contribution >= 4 is 5.91 Å². The molecule has 1 aromatic heterocycles. The summed E-state index contributed by atoms with van der Waals surface area (Å²) < 4.78 is 0. The van der Waals surface area contributed by atoms with Gasteiger partial charge in [0.15, 0.2) is 0 Å². The van der Waals surface area contributed by atoms with E-state index in [4.69, 9.17) is 0 Å². The third-order valence-corrected chi connectivity index (χ3v) is 3.44. The zero-order valence-corrected chi connectivity index (χ0v) is 9.70. The number of rotatable bonds is 3. The van der Waals surface area contributed by atoms with Gasteiger partial charge in [0.05, 0.1) is 0 Å². The Kier molecular flexibility index (Phi) is 3.22. The summed E-state index contributed by atoms with van der Waals surface area (Å²) in [5, 5.41) is 2.95. The number of aromatic nitrogens is 1. The van der Waals surface area contributed by atoms with Crippen molar-refractivity contribution in [1.82, 2.24) is 10.3 Å². The molecule has 1 fully saturated rings. The summed E-state index contributed by atoms with van der Waals surface area (Å²) in [7, 11) is 0. The lowest BCUT2D eigenvalue weighted by Crippen LogP contribution is -2.38. The van der Waals surface area contributed by atoms with E-state index in [-0.39, 0.29) is 11.3 Å². The van der Waals surface area contributed by atoms with E-state index in [1.54, 1.807) is 6.92 Å². The molecule has 1 amide bonds. The minimum atomic E-state index is 0.0437. The van der Waals surface area contributed by atoms with Crippen LogP contribution in [0.2, 0.25) is 0 Å². The fraction of sp³-hybridized carbons (Fsp3) is 0.538. The molecule has 1 aromatic rings. The second-order valence-electron chi connectivity index (χ2n) is 4.61. The Morgan fingerprint density at radius 2 is 2.19 bits per heavy atom. The molecular weight excluding hydrogens is 200 g/mol. The number of hydrogen-bond donors (Lipinski definition) is 1. The Bertz CT molecular complexity index is 355. The number of pyridine rings is 1. The molecule has 0 aliphatic heterocycles. The van der Waals surface area contributed by atoms with Gasteiger partial charge in [0.1, 0.15) is 0 Å². The highest BCUT2D eigenvalue weighted by molar-refractivity contribution is 5.72. The highest BCUT2D eigenvalue weighted by Crippen LogP contribution is 2.39. The van der Waals surface area contributed by atoms with Crippen LogP contribution in [0.25, 0.3) is 0 Å². The van der Waals surface area contributed by atoms with E-state index in [0.717, 1.165) is 25.1 Å². The number of amides is 1. The topological polar surface area (TPSA) is 42.0 Å². The van der Waals surface area contributed by atoms with Crippen molar-refractivity contribution in [2.45, 2.75) is 38.0 Å². The Labute approximate surface area is 96.3 Å². The lowest BCUT2D eigenvalue weighted by atomic mass is 9.82. The van der Waals surface area contributed by atoms with Crippen LogP contribution >= 0.6 is 0 Å². The summed E-state index contributed by atoms with van der Waals surface area (Å²) in [5.74, 6) is 0.0437. The second kappa shape index (κ2) is 4.64. The molecule has 0 unspecified atom stereocenters. The van der Waals surface area contributed by atoms with Gasteiger partial charge < -0.3 is 5.32 Å². The molecule has 16 heavy (non-hydrogen) atoms. The molecule has 0 atom stereocenters. The van der Waals surface area contributed by atoms with E-state index >= 15 is 0 Å². The minimum Gasteiger partial charge on any atom is -0.355 e. The van der Waals surface area contributed by atoms with Crippen molar-refractivity contribution in [1.29, 1.82) is 0 Å². The lowest BCUT2D eigenvalue weighted by molar-refractivity contribution is -0.119. The van der Waals surface area contributed by atoms with E-state index in [1.165, 1.54) is 12.8 Å². The summed E-state index contributed by atoms with van der Waals surface area (Å²) in [5.41, 5.74) is 1.20. The minimum absolute atomic E-state index is 0.0437. The summed E-state index contributed by atoms with van der Waals surface area (Å²) in [4.78, 5) is 15.5. The third-order valence-electron chi connectivity index (χ3n) is 3.44. The first-order valence-electron chi connectivity index (χ1n) is 5.89. The molecule has 0 radical (unpaired) electrons. The van der Waals surface area contributed by atoms with Crippen LogP contribution in [-0.2, 0) is 10.2 Å². The predicted octanol–water partition coefficient (Wildman–Crippen LogP) is 2.03. The molecular formula is C13H18N2O. The molecule has 0 aromatic carbocycles. The molecule has 3 nitrogen and oxygen atoms in total. The van der Waals surface area contributed by atoms with Crippen molar-refractivity contribution < 1.29 is 4.79 Å². The van der Waals surface area contributed by atoms with Crippen molar-refractivity contribution in [2.75, 3.05) is 6.54 Å². The van der Waals surface area contributed by atoms with Crippen LogP contribution in [0.4, 0.5) is 0 Å². The van der Waals surface area contributed by atoms with Gasteiger partial charge in [0.25, 0.3) is 0 Å². The third kappa shape index (κ3) is 2.23. The molecule has 0 saturated heterocycles. The SMILES string of the molecule is CC(=O)NCC1(c2ccccn2)CCCC1. The Hall–Kier alpha value is -1.38. The fourth-order valence-electron chi connectivity index (χ4n) is 2.55. The van der Waals surface area contributed by atoms with Crippen molar-refractivity contribution in [3.8, 4) is 0 Å². The van der Waals surface area contributed by atoms with Crippen LogP contribution in [0.3, 0.4) is 0 Å². The Morgan fingerprint density at radius 1 is 1.44 bits per heavy atom. The van der Waals surface area contributed by atoms with Gasteiger partial charge in [-0.05, 0) is 25.0 Å². The van der Waals surface area contributed by atoms with Crippen LogP contribution in [-0.4, -0.2) is 17.4 Å². The lowest BCUT2D eigenvalue weighted by Gasteiger charge is -2.28. The molecule has 2 rings (SSSR count). The number of carbonyl (C=O) groups is 1. The van der Waals surface area contributed by atoms with Crippen LogP contribution in [0.5, 0.6) is 0 Å². The number of nitrogens with zero attached hydrogens (tertiary/aromatic N) is 1. The van der Waals surface area contributed by atoms with Gasteiger partial charge in [0.2, 0.25) is 5.91 Å². The molecule has 0 bridgehead atoms. The summed E-state index contributed by atoms with van der Waals surface area (Å²) >= 11 is 0. The van der Waals surface area contributed by atoms with Crippen LogP contribution in [0, 0.1) is 0 Å². The van der Waals surface area contributed by atoms with Gasteiger partial charge >= 0.3 is 0 Å². The van der Waals surface area contributed by atoms with Crippen molar-refractivity contribution in [3.05, 3.63) is 30.1 Å². The van der Waals surface area contributed by atoms with Crippen LogP contribution < -0.4 is 5.32 Å². The highest BCUT2D eigenvalue weighted by Gasteiger charge is 2.36. The molecule has 0 spiro atoms. The van der Waals surface area contributed by atoms with E-state index in [9.17, 15) is 4.79 Å². The maximum Gasteiger partial charge on any atom is 0.216 e. The molecule has 1 aliphatic rings. The van der Waals surface area contributed by atoms with Gasteiger partial charge in [-0.2, -0.15) is 0 Å². The highest BCUT2D eigenvalue weighted by atomic mass is 16.1. The molecule has 1 saturated carbocycles. The zero-order chi connectivity index (χ0) is 11.4. The number of nitrogens with one attached hydrogen (secondary N) is 1. The number of carbonyl (C=O) groups excluding carboxylic acids is 1. The average Bonchev–Trinajstić information content (AvgIpc) is 2.78. The maximum absolute atomic E-state index is 11.0. The van der Waals surface area contributed by atoms with Gasteiger partial charge in [-0.3, -0.25) is 9.78 Å². The Balaban J connectivity index is 2.19. The van der Waals surface area contributed by atoms with Crippen molar-refractivity contribution in [2.24, 2.45) is 0 Å². The molecule has 1 aliphatic carbocycles. The summed E-state index contributed by atoms with van der Waals surface area (Å²) in [6.07, 6.45) is 6.56. The normalized spacial score (nSPS) is 18.3. The van der Waals surface area contributed by atoms with Gasteiger partial charge in [0, 0.05) is 30.8 Å². The largest absolute Gasteiger partial charge is 0.355 e. The average molecular weight is 218 g/mol. The molecule has 86 valence electrons. The summed E-state index contributed by atoms with van der Waals surface area (Å²) in [6, 6.07) is 6.04. The first-order chi connectivity index (χ1) is 7.73. The predicted molar refractivity (Wildman–Crippen MR) is 63.1 cm³/mol. The van der Waals surface area contributed by atoms with Crippen molar-refractivity contribution in [3.63, 3.8) is 0 Å². The van der Waals surface area contributed by atoms with Crippen LogP contribution in [0.1, 0.15) is 38.3 Å². The maximum atomic E-state index is 11.0.